The first-order valence-corrected chi connectivity index (χ1v) is 5.94. The van der Waals surface area contributed by atoms with Gasteiger partial charge in [0.25, 0.3) is 0 Å². The van der Waals surface area contributed by atoms with Crippen molar-refractivity contribution in [1.82, 2.24) is 10.2 Å². The minimum atomic E-state index is -0.334. The highest BCUT2D eigenvalue weighted by Gasteiger charge is 2.28. The third kappa shape index (κ3) is 3.98. The number of aliphatic hydroxyl groups excluding tert-OH is 1. The van der Waals surface area contributed by atoms with Crippen molar-refractivity contribution >= 4 is 11.7 Å². The Labute approximate surface area is 102 Å². The van der Waals surface area contributed by atoms with E-state index in [-0.39, 0.29) is 18.7 Å². The summed E-state index contributed by atoms with van der Waals surface area (Å²) in [5, 5.41) is 11.7. The lowest BCUT2D eigenvalue weighted by Crippen LogP contribution is -2.47. The summed E-state index contributed by atoms with van der Waals surface area (Å²) in [7, 11) is 1.79. The molecule has 2 atom stereocenters. The zero-order chi connectivity index (χ0) is 12.8. The van der Waals surface area contributed by atoms with Crippen LogP contribution in [0.3, 0.4) is 0 Å². The Kier molecular flexibility index (Phi) is 5.37. The third-order valence-corrected chi connectivity index (χ3v) is 3.07. The molecule has 1 aliphatic rings. The molecule has 1 aliphatic heterocycles. The van der Waals surface area contributed by atoms with Gasteiger partial charge >= 0.3 is 0 Å². The van der Waals surface area contributed by atoms with Crippen LogP contribution in [0.15, 0.2) is 4.99 Å². The number of nitrogens with two attached hydrogens (primary N) is 1. The largest absolute Gasteiger partial charge is 0.386 e. The predicted octanol–water partition coefficient (Wildman–Crippen LogP) is -0.860. The molecule has 0 spiro atoms. The summed E-state index contributed by atoms with van der Waals surface area (Å²) in [4.78, 5) is 17.6. The average Bonchev–Trinajstić information content (AvgIpc) is 2.40. The van der Waals surface area contributed by atoms with Gasteiger partial charge < -0.3 is 21.1 Å². The van der Waals surface area contributed by atoms with Crippen molar-refractivity contribution in [3.8, 4) is 0 Å². The summed E-state index contributed by atoms with van der Waals surface area (Å²) in [5.41, 5.74) is 5.64. The van der Waals surface area contributed by atoms with E-state index < -0.39 is 0 Å². The molecule has 98 valence electrons. The molecule has 0 aromatic rings. The fourth-order valence-corrected chi connectivity index (χ4v) is 2.10. The number of carbonyl (C=O) groups excluding carboxylic acids is 1. The number of likely N-dealkylation sites (N-methyl/N-ethyl adjacent to an activating group) is 1. The Morgan fingerprint density at radius 1 is 1.65 bits per heavy atom. The van der Waals surface area contributed by atoms with Crippen molar-refractivity contribution < 1.29 is 9.90 Å². The standard InChI is InChI=1S/C11H22N4O2/c1-8-3-4-9(13-2)11(17)15(5-8)6-10(12)14-7-16/h8-9,13,16H,3-7H2,1-2H3,(H2,12,14). The molecule has 4 N–H and O–H groups in total. The van der Waals surface area contributed by atoms with E-state index in [1.807, 2.05) is 0 Å². The monoisotopic (exact) mass is 242 g/mol. The molecule has 0 aliphatic carbocycles. The second-order valence-electron chi connectivity index (χ2n) is 4.53. The Hall–Kier alpha value is -1.14. The Bertz CT molecular complexity index is 293. The Balaban J connectivity index is 2.72. The van der Waals surface area contributed by atoms with Crippen molar-refractivity contribution in [2.75, 3.05) is 26.9 Å². The molecule has 0 aromatic heterocycles. The van der Waals surface area contributed by atoms with Crippen molar-refractivity contribution in [3.05, 3.63) is 0 Å². The fraction of sp³-hybridized carbons (Fsp3) is 0.818. The summed E-state index contributed by atoms with van der Waals surface area (Å²) >= 11 is 0. The van der Waals surface area contributed by atoms with Gasteiger partial charge in [-0.3, -0.25) is 4.79 Å². The lowest BCUT2D eigenvalue weighted by molar-refractivity contribution is -0.132. The smallest absolute Gasteiger partial charge is 0.240 e. The van der Waals surface area contributed by atoms with Crippen LogP contribution < -0.4 is 11.1 Å². The van der Waals surface area contributed by atoms with Crippen LogP contribution in [0, 0.1) is 5.92 Å². The zero-order valence-corrected chi connectivity index (χ0v) is 10.5. The van der Waals surface area contributed by atoms with E-state index >= 15 is 0 Å². The molecule has 17 heavy (non-hydrogen) atoms. The molecular weight excluding hydrogens is 220 g/mol. The molecule has 6 heteroatoms. The van der Waals surface area contributed by atoms with Gasteiger partial charge in [0, 0.05) is 6.54 Å². The maximum atomic E-state index is 12.2. The summed E-state index contributed by atoms with van der Waals surface area (Å²) in [6.07, 6.45) is 1.87. The van der Waals surface area contributed by atoms with E-state index in [1.54, 1.807) is 11.9 Å². The number of amidine groups is 1. The second-order valence-corrected chi connectivity index (χ2v) is 4.53. The van der Waals surface area contributed by atoms with E-state index in [1.165, 1.54) is 0 Å². The minimum Gasteiger partial charge on any atom is -0.386 e. The molecule has 1 heterocycles. The number of rotatable bonds is 4. The van der Waals surface area contributed by atoms with Gasteiger partial charge in [-0.2, -0.15) is 0 Å². The van der Waals surface area contributed by atoms with Crippen LogP contribution in [0.5, 0.6) is 0 Å². The lowest BCUT2D eigenvalue weighted by atomic mass is 10.0. The number of amides is 1. The first kappa shape index (κ1) is 13.9. The van der Waals surface area contributed by atoms with Gasteiger partial charge in [0.1, 0.15) is 12.6 Å². The highest BCUT2D eigenvalue weighted by atomic mass is 16.3. The van der Waals surface area contributed by atoms with Crippen LogP contribution in [-0.2, 0) is 4.79 Å². The lowest BCUT2D eigenvalue weighted by Gasteiger charge is -2.24. The zero-order valence-electron chi connectivity index (χ0n) is 10.5. The van der Waals surface area contributed by atoms with Crippen molar-refractivity contribution in [1.29, 1.82) is 0 Å². The third-order valence-electron chi connectivity index (χ3n) is 3.07. The molecule has 1 amide bonds. The predicted molar refractivity (Wildman–Crippen MR) is 66.5 cm³/mol. The number of nitrogens with zero attached hydrogens (tertiary/aromatic N) is 2. The maximum absolute atomic E-state index is 12.2. The number of aliphatic imine (C=N–C) groups is 1. The van der Waals surface area contributed by atoms with Gasteiger partial charge in [-0.25, -0.2) is 4.99 Å². The Morgan fingerprint density at radius 3 is 2.94 bits per heavy atom. The number of nitrogens with one attached hydrogen (secondary N) is 1. The number of hydrogen-bond donors (Lipinski definition) is 3. The first-order valence-electron chi connectivity index (χ1n) is 5.94. The van der Waals surface area contributed by atoms with Crippen LogP contribution in [0.4, 0.5) is 0 Å². The number of hydrogen-bond acceptors (Lipinski definition) is 4. The van der Waals surface area contributed by atoms with E-state index in [2.05, 4.69) is 17.2 Å². The summed E-state index contributed by atoms with van der Waals surface area (Å²) in [6, 6.07) is -0.137. The van der Waals surface area contributed by atoms with Crippen molar-refractivity contribution in [3.63, 3.8) is 0 Å². The summed E-state index contributed by atoms with van der Waals surface area (Å²) in [6.45, 7) is 2.77. The van der Waals surface area contributed by atoms with Gasteiger partial charge in [-0.05, 0) is 25.8 Å². The fourth-order valence-electron chi connectivity index (χ4n) is 2.10. The topological polar surface area (TPSA) is 90.9 Å². The van der Waals surface area contributed by atoms with Crippen LogP contribution >= 0.6 is 0 Å². The van der Waals surface area contributed by atoms with E-state index in [4.69, 9.17) is 10.8 Å². The van der Waals surface area contributed by atoms with Gasteiger partial charge in [0.05, 0.1) is 12.6 Å². The SMILES string of the molecule is CNC1CCC(C)CN(C/C(N)=N/CO)C1=O. The molecular formula is C11H22N4O2. The second kappa shape index (κ2) is 6.56. The Morgan fingerprint density at radius 2 is 2.35 bits per heavy atom. The quantitative estimate of drug-likeness (QED) is 0.442. The van der Waals surface area contributed by atoms with Gasteiger partial charge in [-0.1, -0.05) is 6.92 Å². The molecule has 0 radical (unpaired) electrons. The van der Waals surface area contributed by atoms with Gasteiger partial charge in [0.2, 0.25) is 5.91 Å². The van der Waals surface area contributed by atoms with Crippen LogP contribution in [0.25, 0.3) is 0 Å². The minimum absolute atomic E-state index is 0.0629. The molecule has 2 unspecified atom stereocenters. The van der Waals surface area contributed by atoms with Crippen molar-refractivity contribution in [2.45, 2.75) is 25.8 Å². The first-order chi connectivity index (χ1) is 8.08. The van der Waals surface area contributed by atoms with Gasteiger partial charge in [0.15, 0.2) is 0 Å². The highest BCUT2D eigenvalue weighted by molar-refractivity contribution is 5.89. The van der Waals surface area contributed by atoms with Crippen LogP contribution in [-0.4, -0.2) is 54.7 Å². The van der Waals surface area contributed by atoms with E-state index in [0.29, 0.717) is 24.8 Å². The highest BCUT2D eigenvalue weighted by Crippen LogP contribution is 2.16. The number of likely N-dealkylation sites (tertiary alicyclic amines) is 1. The number of carbonyl (C=O) groups is 1. The van der Waals surface area contributed by atoms with E-state index in [0.717, 1.165) is 12.8 Å². The van der Waals surface area contributed by atoms with Gasteiger partial charge in [-0.15, -0.1) is 0 Å². The van der Waals surface area contributed by atoms with E-state index in [9.17, 15) is 4.79 Å². The number of aliphatic hydroxyl groups is 1. The molecule has 6 nitrogen and oxygen atoms in total. The summed E-state index contributed by atoms with van der Waals surface area (Å²) in [5.74, 6) is 0.817. The molecule has 1 saturated heterocycles. The molecule has 0 bridgehead atoms. The van der Waals surface area contributed by atoms with Crippen molar-refractivity contribution in [2.24, 2.45) is 16.6 Å². The molecule has 1 rings (SSSR count). The summed E-state index contributed by atoms with van der Waals surface area (Å²) < 4.78 is 0. The van der Waals surface area contributed by atoms with Crippen LogP contribution in [0.1, 0.15) is 19.8 Å². The maximum Gasteiger partial charge on any atom is 0.240 e. The molecule has 0 aromatic carbocycles. The molecule has 1 fully saturated rings. The average molecular weight is 242 g/mol. The molecule has 0 saturated carbocycles. The normalized spacial score (nSPS) is 27.1. The van der Waals surface area contributed by atoms with Crippen LogP contribution in [0.2, 0.25) is 0 Å².